The van der Waals surface area contributed by atoms with Crippen molar-refractivity contribution in [2.45, 2.75) is 19.7 Å². The van der Waals surface area contributed by atoms with Gasteiger partial charge in [0.25, 0.3) is 5.91 Å². The Morgan fingerprint density at radius 3 is 2.68 bits per heavy atom. The molecule has 10 heteroatoms. The van der Waals surface area contributed by atoms with Gasteiger partial charge in [0, 0.05) is 17.7 Å². The third-order valence-electron chi connectivity index (χ3n) is 3.93. The summed E-state index contributed by atoms with van der Waals surface area (Å²) in [5, 5.41) is 12.9. The van der Waals surface area contributed by atoms with Crippen molar-refractivity contribution in [3.8, 4) is 5.75 Å². The molecule has 0 radical (unpaired) electrons. The summed E-state index contributed by atoms with van der Waals surface area (Å²) in [7, 11) is 1.37. The summed E-state index contributed by atoms with van der Waals surface area (Å²) in [5.74, 6) is -0.908. The molecule has 148 valence electrons. The van der Waals surface area contributed by atoms with Gasteiger partial charge in [-0.15, -0.1) is 0 Å². The highest BCUT2D eigenvalue weighted by Gasteiger charge is 2.32. The average molecular weight is 431 g/mol. The first-order chi connectivity index (χ1) is 13.1. The molecule has 2 aromatic carbocycles. The first kappa shape index (κ1) is 20.4. The number of phenolic OH excluding ortho intramolecular Hbond substituents is 1. The van der Waals surface area contributed by atoms with Crippen LogP contribution in [0.25, 0.3) is 10.2 Å². The maximum atomic E-state index is 13.1. The lowest BCUT2D eigenvalue weighted by molar-refractivity contribution is -0.137. The minimum absolute atomic E-state index is 0.0580. The molecule has 0 saturated carbocycles. The van der Waals surface area contributed by atoms with Crippen LogP contribution in [-0.4, -0.2) is 23.1 Å². The molecule has 0 aliphatic rings. The third-order valence-corrected chi connectivity index (χ3v) is 5.07. The highest BCUT2D eigenvalue weighted by Crippen LogP contribution is 2.37. The smallest absolute Gasteiger partial charge is 0.416 e. The minimum Gasteiger partial charge on any atom is -0.507 e. The molecule has 0 saturated heterocycles. The Morgan fingerprint density at radius 2 is 2.04 bits per heavy atom. The molecule has 0 fully saturated rings. The molecular weight excluding hydrogens is 417 g/mol. The number of fused-ring (bicyclic) bond motifs is 1. The molecule has 0 aliphatic heterocycles. The van der Waals surface area contributed by atoms with Gasteiger partial charge in [-0.05, 0) is 36.8 Å². The lowest BCUT2D eigenvalue weighted by atomic mass is 10.1. The second kappa shape index (κ2) is 7.57. The number of carbonyl (C=O) groups is 1. The number of nitrogens with zero attached hydrogens (tertiary/aromatic N) is 1. The fourth-order valence-electron chi connectivity index (χ4n) is 2.65. The molecule has 0 spiro atoms. The molecule has 0 aliphatic carbocycles. The molecule has 0 atom stereocenters. The maximum absolute atomic E-state index is 13.1. The van der Waals surface area contributed by atoms with Crippen LogP contribution in [-0.2, 0) is 17.5 Å². The van der Waals surface area contributed by atoms with Crippen molar-refractivity contribution in [3.05, 3.63) is 51.5 Å². The molecule has 1 heterocycles. The van der Waals surface area contributed by atoms with Crippen LogP contribution in [0.3, 0.4) is 0 Å². The topological polar surface area (TPSA) is 71.5 Å². The predicted molar refractivity (Wildman–Crippen MR) is 101 cm³/mol. The number of ether oxygens (including phenoxy) is 1. The summed E-state index contributed by atoms with van der Waals surface area (Å²) in [6, 6.07) is 4.75. The normalized spacial score (nSPS) is 11.8. The fourth-order valence-corrected chi connectivity index (χ4v) is 3.88. The number of alkyl halides is 3. The molecule has 28 heavy (non-hydrogen) atoms. The van der Waals surface area contributed by atoms with Crippen LogP contribution in [0, 0.1) is 6.92 Å². The second-order valence-electron chi connectivity index (χ2n) is 6.00. The van der Waals surface area contributed by atoms with E-state index < -0.39 is 17.6 Å². The number of hydrogen-bond donors (Lipinski definition) is 2. The Morgan fingerprint density at radius 1 is 1.32 bits per heavy atom. The van der Waals surface area contributed by atoms with Gasteiger partial charge in [0.1, 0.15) is 5.75 Å². The lowest BCUT2D eigenvalue weighted by Crippen LogP contribution is -2.12. The van der Waals surface area contributed by atoms with E-state index in [0.29, 0.717) is 11.1 Å². The van der Waals surface area contributed by atoms with Crippen molar-refractivity contribution >= 4 is 44.2 Å². The number of rotatable bonds is 4. The summed E-state index contributed by atoms with van der Waals surface area (Å²) in [4.78, 5) is 16.7. The monoisotopic (exact) mass is 430 g/mol. The number of benzene rings is 2. The van der Waals surface area contributed by atoms with E-state index >= 15 is 0 Å². The summed E-state index contributed by atoms with van der Waals surface area (Å²) in [5.41, 5.74) is 0.0976. The number of thiazole rings is 1. The molecule has 2 N–H and O–H groups in total. The number of methoxy groups -OCH3 is 1. The van der Waals surface area contributed by atoms with Crippen LogP contribution in [0.2, 0.25) is 5.02 Å². The Bertz CT molecular complexity index is 1070. The summed E-state index contributed by atoms with van der Waals surface area (Å²) < 4.78 is 44.6. The summed E-state index contributed by atoms with van der Waals surface area (Å²) in [6.07, 6.45) is -4.52. The quantitative estimate of drug-likeness (QED) is 0.582. The van der Waals surface area contributed by atoms with E-state index in [9.17, 15) is 23.1 Å². The Hall–Kier alpha value is -2.36. The fraction of sp³-hybridized carbons (Fsp3) is 0.222. The second-order valence-corrected chi connectivity index (χ2v) is 7.47. The van der Waals surface area contributed by atoms with Gasteiger partial charge < -0.3 is 9.84 Å². The number of hydrogen-bond acceptors (Lipinski definition) is 5. The van der Waals surface area contributed by atoms with Crippen LogP contribution >= 0.6 is 22.9 Å². The van der Waals surface area contributed by atoms with Gasteiger partial charge in [-0.3, -0.25) is 10.1 Å². The van der Waals surface area contributed by atoms with E-state index in [-0.39, 0.29) is 38.3 Å². The number of amides is 1. The van der Waals surface area contributed by atoms with Crippen LogP contribution in [0.15, 0.2) is 24.3 Å². The minimum atomic E-state index is -4.52. The summed E-state index contributed by atoms with van der Waals surface area (Å²) >= 11 is 6.82. The van der Waals surface area contributed by atoms with E-state index in [1.807, 2.05) is 0 Å². The molecule has 0 unspecified atom stereocenters. The van der Waals surface area contributed by atoms with Gasteiger partial charge in [0.05, 0.1) is 28.0 Å². The number of carbonyl (C=O) groups excluding carboxylic acids is 1. The zero-order chi connectivity index (χ0) is 20.6. The van der Waals surface area contributed by atoms with E-state index in [4.69, 9.17) is 16.3 Å². The van der Waals surface area contributed by atoms with E-state index in [1.165, 1.54) is 19.2 Å². The van der Waals surface area contributed by atoms with Crippen molar-refractivity contribution in [2.75, 3.05) is 12.4 Å². The van der Waals surface area contributed by atoms with Crippen molar-refractivity contribution in [3.63, 3.8) is 0 Å². The number of halogens is 4. The number of phenols is 1. The molecule has 5 nitrogen and oxygen atoms in total. The van der Waals surface area contributed by atoms with Crippen LogP contribution in [0.1, 0.15) is 27.0 Å². The number of nitrogens with one attached hydrogen (secondary N) is 1. The van der Waals surface area contributed by atoms with Crippen molar-refractivity contribution in [1.82, 2.24) is 4.98 Å². The van der Waals surface area contributed by atoms with Gasteiger partial charge in [-0.2, -0.15) is 13.2 Å². The summed E-state index contributed by atoms with van der Waals surface area (Å²) in [6.45, 7) is 1.52. The molecule has 0 bridgehead atoms. The Balaban J connectivity index is 2.00. The first-order valence-electron chi connectivity index (χ1n) is 7.90. The van der Waals surface area contributed by atoms with E-state index in [1.54, 1.807) is 6.92 Å². The van der Waals surface area contributed by atoms with Gasteiger partial charge in [0.15, 0.2) is 5.13 Å². The molecule has 3 aromatic rings. The molecule has 1 aromatic heterocycles. The zero-order valence-electron chi connectivity index (χ0n) is 14.6. The van der Waals surface area contributed by atoms with Crippen LogP contribution in [0.4, 0.5) is 18.3 Å². The van der Waals surface area contributed by atoms with Crippen molar-refractivity contribution < 1.29 is 27.8 Å². The van der Waals surface area contributed by atoms with E-state index in [0.717, 1.165) is 23.5 Å². The largest absolute Gasteiger partial charge is 0.507 e. The van der Waals surface area contributed by atoms with Crippen molar-refractivity contribution in [2.24, 2.45) is 0 Å². The SMILES string of the molecule is COCc1cc(C(F)(F)F)cc2sc(NC(=O)c3cc(Cl)cc(C)c3O)nc12. The van der Waals surface area contributed by atoms with Gasteiger partial charge in [-0.25, -0.2) is 4.98 Å². The highest BCUT2D eigenvalue weighted by atomic mass is 35.5. The molecule has 3 rings (SSSR count). The maximum Gasteiger partial charge on any atom is 0.416 e. The van der Waals surface area contributed by atoms with Gasteiger partial charge >= 0.3 is 6.18 Å². The zero-order valence-corrected chi connectivity index (χ0v) is 16.2. The standard InChI is InChI=1S/C18H14ClF3N2O3S/c1-8-3-11(19)6-12(15(8)25)16(26)24-17-23-14-9(7-27-2)4-10(18(20,21)22)5-13(14)28-17/h3-6,25H,7H2,1-2H3,(H,23,24,26). The molecule has 1 amide bonds. The molecular formula is C18H14ClF3N2O3S. The van der Waals surface area contributed by atoms with Gasteiger partial charge in [0.2, 0.25) is 0 Å². The van der Waals surface area contributed by atoms with Crippen LogP contribution < -0.4 is 5.32 Å². The van der Waals surface area contributed by atoms with E-state index in [2.05, 4.69) is 10.3 Å². The van der Waals surface area contributed by atoms with Crippen LogP contribution in [0.5, 0.6) is 5.75 Å². The average Bonchev–Trinajstić information content (AvgIpc) is 3.00. The lowest BCUT2D eigenvalue weighted by Gasteiger charge is -2.09. The number of aromatic nitrogens is 1. The van der Waals surface area contributed by atoms with Gasteiger partial charge in [-0.1, -0.05) is 22.9 Å². The Kier molecular flexibility index (Phi) is 5.51. The Labute approximate surface area is 166 Å². The third kappa shape index (κ3) is 4.06. The number of anilines is 1. The number of aryl methyl sites for hydroxylation is 1. The predicted octanol–water partition coefficient (Wildman–Crippen LogP) is 5.38. The number of aromatic hydroxyl groups is 1. The van der Waals surface area contributed by atoms with Crippen molar-refractivity contribution in [1.29, 1.82) is 0 Å². The highest BCUT2D eigenvalue weighted by molar-refractivity contribution is 7.22. The first-order valence-corrected chi connectivity index (χ1v) is 9.09.